The molecule has 5 aromatic rings. The SMILES string of the molecule is COC(=O)c1ccc2nc(Cc3ccc(C4OC(C)(c5ccc(Cl)cc5F)Oc5ccccc54)s3)n(C[C@@H]3CCO3)c2c1. The van der Waals surface area contributed by atoms with Crippen molar-refractivity contribution in [2.45, 2.75) is 44.3 Å². The number of aromatic nitrogens is 2. The maximum atomic E-state index is 15.1. The van der Waals surface area contributed by atoms with Gasteiger partial charge in [-0.05, 0) is 61.0 Å². The topological polar surface area (TPSA) is 71.8 Å². The molecule has 0 bridgehead atoms. The molecule has 2 aliphatic rings. The van der Waals surface area contributed by atoms with Gasteiger partial charge in [-0.1, -0.05) is 29.8 Å². The highest BCUT2D eigenvalue weighted by atomic mass is 35.5. The highest BCUT2D eigenvalue weighted by Gasteiger charge is 2.42. The molecule has 220 valence electrons. The average molecular weight is 619 g/mol. The molecule has 10 heteroatoms. The van der Waals surface area contributed by atoms with Gasteiger partial charge < -0.3 is 23.5 Å². The fraction of sp³-hybridized carbons (Fsp3) is 0.273. The molecule has 43 heavy (non-hydrogen) atoms. The Morgan fingerprint density at radius 2 is 2.00 bits per heavy atom. The highest BCUT2D eigenvalue weighted by Crippen LogP contribution is 2.48. The first-order valence-corrected chi connectivity index (χ1v) is 15.2. The number of fused-ring (bicyclic) bond motifs is 2. The minimum atomic E-state index is -1.37. The quantitative estimate of drug-likeness (QED) is 0.177. The summed E-state index contributed by atoms with van der Waals surface area (Å²) in [4.78, 5) is 19.2. The molecule has 1 saturated heterocycles. The Kier molecular flexibility index (Phi) is 7.21. The van der Waals surface area contributed by atoms with Crippen molar-refractivity contribution >= 4 is 39.9 Å². The minimum absolute atomic E-state index is 0.106. The molecular formula is C33H28ClFN2O5S. The van der Waals surface area contributed by atoms with Gasteiger partial charge in [-0.2, -0.15) is 0 Å². The van der Waals surface area contributed by atoms with Crippen molar-refractivity contribution in [1.82, 2.24) is 9.55 Å². The predicted molar refractivity (Wildman–Crippen MR) is 161 cm³/mol. The zero-order chi connectivity index (χ0) is 29.7. The Labute approximate surface area is 256 Å². The Morgan fingerprint density at radius 3 is 2.77 bits per heavy atom. The summed E-state index contributed by atoms with van der Waals surface area (Å²) in [6.07, 6.45) is 1.18. The number of para-hydroxylation sites is 1. The fourth-order valence-electron chi connectivity index (χ4n) is 5.67. The monoisotopic (exact) mass is 618 g/mol. The number of hydrogen-bond acceptors (Lipinski definition) is 7. The van der Waals surface area contributed by atoms with E-state index in [1.54, 1.807) is 36.5 Å². The van der Waals surface area contributed by atoms with Crippen LogP contribution in [0.2, 0.25) is 5.02 Å². The lowest BCUT2D eigenvalue weighted by Crippen LogP contribution is -2.39. The lowest BCUT2D eigenvalue weighted by molar-refractivity contribution is -0.218. The van der Waals surface area contributed by atoms with Crippen LogP contribution in [0, 0.1) is 5.82 Å². The van der Waals surface area contributed by atoms with E-state index in [2.05, 4.69) is 10.6 Å². The summed E-state index contributed by atoms with van der Waals surface area (Å²) in [5.74, 6) is -0.742. The van der Waals surface area contributed by atoms with Gasteiger partial charge >= 0.3 is 5.97 Å². The Morgan fingerprint density at radius 1 is 1.16 bits per heavy atom. The lowest BCUT2D eigenvalue weighted by Gasteiger charge is -2.40. The lowest BCUT2D eigenvalue weighted by atomic mass is 10.0. The molecule has 2 aliphatic heterocycles. The number of hydrogen-bond donors (Lipinski definition) is 0. The molecule has 3 atom stereocenters. The molecule has 2 unspecified atom stereocenters. The second kappa shape index (κ2) is 11.1. The van der Waals surface area contributed by atoms with Crippen LogP contribution in [0.15, 0.2) is 72.8 Å². The number of methoxy groups -OCH3 is 1. The summed E-state index contributed by atoms with van der Waals surface area (Å²) in [5.41, 5.74) is 3.29. The van der Waals surface area contributed by atoms with E-state index in [9.17, 15) is 4.79 Å². The van der Waals surface area contributed by atoms with Gasteiger partial charge in [-0.25, -0.2) is 14.2 Å². The van der Waals surface area contributed by atoms with E-state index in [-0.39, 0.29) is 17.6 Å². The Hall–Kier alpha value is -3.76. The number of carbonyl (C=O) groups is 1. The third-order valence-electron chi connectivity index (χ3n) is 7.97. The molecule has 0 aliphatic carbocycles. The van der Waals surface area contributed by atoms with Crippen molar-refractivity contribution < 1.29 is 28.1 Å². The largest absolute Gasteiger partial charge is 0.465 e. The van der Waals surface area contributed by atoms with Gasteiger partial charge in [0.25, 0.3) is 0 Å². The molecular weight excluding hydrogens is 591 g/mol. The van der Waals surface area contributed by atoms with Crippen LogP contribution in [-0.2, 0) is 33.0 Å². The molecule has 0 radical (unpaired) electrons. The van der Waals surface area contributed by atoms with E-state index in [1.165, 1.54) is 13.2 Å². The number of rotatable bonds is 7. The number of carbonyl (C=O) groups excluding carboxylic acids is 1. The first-order chi connectivity index (χ1) is 20.8. The predicted octanol–water partition coefficient (Wildman–Crippen LogP) is 7.43. The molecule has 3 aromatic carbocycles. The Bertz CT molecular complexity index is 1850. The average Bonchev–Trinajstić information content (AvgIpc) is 3.57. The van der Waals surface area contributed by atoms with Crippen LogP contribution in [0.3, 0.4) is 0 Å². The molecule has 0 amide bonds. The maximum Gasteiger partial charge on any atom is 0.337 e. The first kappa shape index (κ1) is 28.0. The number of benzene rings is 3. The van der Waals surface area contributed by atoms with Crippen molar-refractivity contribution in [1.29, 1.82) is 0 Å². The van der Waals surface area contributed by atoms with Crippen molar-refractivity contribution in [3.05, 3.63) is 116 Å². The van der Waals surface area contributed by atoms with E-state index in [1.807, 2.05) is 42.5 Å². The van der Waals surface area contributed by atoms with Crippen molar-refractivity contribution in [2.24, 2.45) is 0 Å². The van der Waals surface area contributed by atoms with Crippen molar-refractivity contribution in [2.75, 3.05) is 13.7 Å². The Balaban J connectivity index is 1.23. The molecule has 7 nitrogen and oxygen atoms in total. The van der Waals surface area contributed by atoms with E-state index in [4.69, 9.17) is 35.5 Å². The van der Waals surface area contributed by atoms with E-state index in [0.717, 1.165) is 45.2 Å². The van der Waals surface area contributed by atoms with Gasteiger partial charge in [-0.3, -0.25) is 0 Å². The van der Waals surface area contributed by atoms with Gasteiger partial charge in [-0.15, -0.1) is 11.3 Å². The van der Waals surface area contributed by atoms with Crippen molar-refractivity contribution in [3.8, 4) is 5.75 Å². The van der Waals surface area contributed by atoms with Crippen LogP contribution in [0.4, 0.5) is 4.39 Å². The maximum absolute atomic E-state index is 15.1. The molecule has 4 heterocycles. The normalized spacial score (nSPS) is 21.2. The minimum Gasteiger partial charge on any atom is -0.465 e. The van der Waals surface area contributed by atoms with Crippen LogP contribution < -0.4 is 4.74 Å². The van der Waals surface area contributed by atoms with Gasteiger partial charge in [0.1, 0.15) is 23.5 Å². The summed E-state index contributed by atoms with van der Waals surface area (Å²) < 4.78 is 40.7. The standard InChI is InChI=1S/C33H28ClFN2O5S/c1-33(24-10-8-20(34)16-25(24)35)41-28-6-4-3-5-23(28)31(42-33)29-12-9-22(43-29)17-30-36-26-11-7-19(32(38)39-2)15-27(26)37(30)18-21-13-14-40-21/h3-12,15-16,21,31H,13-14,17-18H2,1-2H3/t21-,31?,33?/m0/s1. The number of halogens is 2. The number of esters is 1. The van der Waals surface area contributed by atoms with Crippen LogP contribution >= 0.6 is 22.9 Å². The smallest absolute Gasteiger partial charge is 0.337 e. The summed E-state index contributed by atoms with van der Waals surface area (Å²) in [6.45, 7) is 3.13. The molecule has 1 fully saturated rings. The summed E-state index contributed by atoms with van der Waals surface area (Å²) in [5, 5.41) is 0.303. The van der Waals surface area contributed by atoms with Crippen molar-refractivity contribution in [3.63, 3.8) is 0 Å². The van der Waals surface area contributed by atoms with Gasteiger partial charge in [0, 0.05) is 40.3 Å². The van der Waals surface area contributed by atoms with E-state index < -0.39 is 17.7 Å². The molecule has 2 aromatic heterocycles. The molecule has 0 N–H and O–H groups in total. The summed E-state index contributed by atoms with van der Waals surface area (Å²) in [6, 6.07) is 21.7. The number of thiophene rings is 1. The number of ether oxygens (including phenoxy) is 4. The van der Waals surface area contributed by atoms with Gasteiger partial charge in [0.05, 0.1) is 41.9 Å². The number of imidazole rings is 1. The van der Waals surface area contributed by atoms with Gasteiger partial charge in [0.15, 0.2) is 0 Å². The van der Waals surface area contributed by atoms with Crippen LogP contribution in [0.25, 0.3) is 11.0 Å². The zero-order valence-electron chi connectivity index (χ0n) is 23.5. The molecule has 0 spiro atoms. The molecule has 7 rings (SSSR count). The van der Waals surface area contributed by atoms with Crippen LogP contribution in [-0.4, -0.2) is 35.3 Å². The first-order valence-electron chi connectivity index (χ1n) is 14.0. The third kappa shape index (κ3) is 5.20. The zero-order valence-corrected chi connectivity index (χ0v) is 25.1. The van der Waals surface area contributed by atoms with Crippen LogP contribution in [0.5, 0.6) is 5.75 Å². The van der Waals surface area contributed by atoms with E-state index in [0.29, 0.717) is 29.3 Å². The summed E-state index contributed by atoms with van der Waals surface area (Å²) in [7, 11) is 1.38. The fourth-order valence-corrected chi connectivity index (χ4v) is 6.89. The summed E-state index contributed by atoms with van der Waals surface area (Å²) >= 11 is 7.64. The van der Waals surface area contributed by atoms with E-state index >= 15 is 4.39 Å². The highest BCUT2D eigenvalue weighted by molar-refractivity contribution is 7.12. The third-order valence-corrected chi connectivity index (χ3v) is 9.33. The number of nitrogens with zero attached hydrogens (tertiary/aromatic N) is 2. The van der Waals surface area contributed by atoms with Crippen LogP contribution in [0.1, 0.15) is 56.5 Å². The second-order valence-electron chi connectivity index (χ2n) is 10.8. The molecule has 0 saturated carbocycles. The van der Waals surface area contributed by atoms with Gasteiger partial charge in [0.2, 0.25) is 5.79 Å². The second-order valence-corrected chi connectivity index (χ2v) is 12.4.